The highest BCUT2D eigenvalue weighted by Gasteiger charge is 2.37. The average Bonchev–Trinajstić information content (AvgIpc) is 2.61. The predicted molar refractivity (Wildman–Crippen MR) is 65.8 cm³/mol. The van der Waals surface area contributed by atoms with Crippen molar-refractivity contribution in [1.82, 2.24) is 5.32 Å². The Morgan fingerprint density at radius 3 is 2.62 bits per heavy atom. The Labute approximate surface area is 99.2 Å². The highest BCUT2D eigenvalue weighted by atomic mass is 32.1. The molecule has 3 nitrogen and oxygen atoms in total. The number of hydrogen-bond donors (Lipinski definition) is 2. The van der Waals surface area contributed by atoms with Crippen LogP contribution in [0.3, 0.4) is 0 Å². The summed E-state index contributed by atoms with van der Waals surface area (Å²) in [6.07, 6.45) is 7.08. The molecule has 1 aromatic rings. The molecule has 86 valence electrons. The van der Waals surface area contributed by atoms with E-state index in [1.165, 1.54) is 37.0 Å². The number of carbonyl (C=O) groups is 1. The van der Waals surface area contributed by atoms with Gasteiger partial charge in [0, 0.05) is 0 Å². The van der Waals surface area contributed by atoms with Crippen LogP contribution in [0.15, 0.2) is 11.4 Å². The molecule has 4 heteroatoms. The molecule has 1 spiro atoms. The van der Waals surface area contributed by atoms with Crippen molar-refractivity contribution in [2.24, 2.45) is 0 Å². The highest BCUT2D eigenvalue weighted by Crippen LogP contribution is 2.35. The van der Waals surface area contributed by atoms with E-state index in [1.54, 1.807) is 0 Å². The first-order chi connectivity index (χ1) is 7.79. The summed E-state index contributed by atoms with van der Waals surface area (Å²) in [7, 11) is 0. The van der Waals surface area contributed by atoms with Crippen molar-refractivity contribution in [1.29, 1.82) is 0 Å². The van der Waals surface area contributed by atoms with Crippen molar-refractivity contribution in [3.63, 3.8) is 0 Å². The SMILES string of the molecule is O=C1NC2(CCCCCC2)Nc2ccsc21. The van der Waals surface area contributed by atoms with Crippen molar-refractivity contribution < 1.29 is 4.79 Å². The van der Waals surface area contributed by atoms with Crippen LogP contribution in [0.1, 0.15) is 48.2 Å². The molecule has 0 aromatic carbocycles. The zero-order valence-corrected chi connectivity index (χ0v) is 10.0. The van der Waals surface area contributed by atoms with Gasteiger partial charge in [0.25, 0.3) is 5.91 Å². The molecule has 3 rings (SSSR count). The molecular weight excluding hydrogens is 220 g/mol. The first kappa shape index (κ1) is 10.1. The number of hydrogen-bond acceptors (Lipinski definition) is 3. The lowest BCUT2D eigenvalue weighted by Gasteiger charge is -2.39. The van der Waals surface area contributed by atoms with Gasteiger partial charge in [-0.05, 0) is 37.1 Å². The summed E-state index contributed by atoms with van der Waals surface area (Å²) in [4.78, 5) is 12.8. The van der Waals surface area contributed by atoms with Crippen LogP contribution in [0.5, 0.6) is 0 Å². The first-order valence-corrected chi connectivity index (χ1v) is 6.85. The quantitative estimate of drug-likeness (QED) is 0.727. The van der Waals surface area contributed by atoms with E-state index in [2.05, 4.69) is 10.6 Å². The number of carbonyl (C=O) groups excluding carboxylic acids is 1. The molecular formula is C12H16N2OS. The molecule has 1 aliphatic carbocycles. The van der Waals surface area contributed by atoms with Crippen LogP contribution in [0.2, 0.25) is 0 Å². The molecule has 0 saturated heterocycles. The largest absolute Gasteiger partial charge is 0.361 e. The van der Waals surface area contributed by atoms with E-state index in [1.807, 2.05) is 11.4 Å². The number of rotatable bonds is 0. The molecule has 1 amide bonds. The van der Waals surface area contributed by atoms with Crippen LogP contribution in [0, 0.1) is 0 Å². The molecule has 2 heterocycles. The van der Waals surface area contributed by atoms with Crippen molar-refractivity contribution in [3.8, 4) is 0 Å². The molecule has 2 N–H and O–H groups in total. The Hall–Kier alpha value is -1.03. The topological polar surface area (TPSA) is 41.1 Å². The third-order valence-corrected chi connectivity index (χ3v) is 4.47. The van der Waals surface area contributed by atoms with Gasteiger partial charge < -0.3 is 10.6 Å². The number of thiophene rings is 1. The Bertz CT molecular complexity index is 405. The maximum atomic E-state index is 12.0. The lowest BCUT2D eigenvalue weighted by Crippen LogP contribution is -2.56. The number of anilines is 1. The summed E-state index contributed by atoms with van der Waals surface area (Å²) in [6, 6.07) is 2.02. The Kier molecular flexibility index (Phi) is 2.39. The summed E-state index contributed by atoms with van der Waals surface area (Å²) in [5.74, 6) is 0.102. The summed E-state index contributed by atoms with van der Waals surface area (Å²) >= 11 is 1.51. The zero-order valence-electron chi connectivity index (χ0n) is 9.21. The Balaban J connectivity index is 1.91. The Morgan fingerprint density at radius 1 is 1.12 bits per heavy atom. The second-order valence-electron chi connectivity index (χ2n) is 4.74. The first-order valence-electron chi connectivity index (χ1n) is 5.97. The van der Waals surface area contributed by atoms with E-state index < -0.39 is 0 Å². The fourth-order valence-corrected chi connectivity index (χ4v) is 3.47. The van der Waals surface area contributed by atoms with E-state index in [0.717, 1.165) is 23.4 Å². The fraction of sp³-hybridized carbons (Fsp3) is 0.583. The molecule has 1 aliphatic heterocycles. The summed E-state index contributed by atoms with van der Waals surface area (Å²) in [5.41, 5.74) is 0.859. The number of nitrogens with one attached hydrogen (secondary N) is 2. The minimum Gasteiger partial charge on any atom is -0.361 e. The maximum Gasteiger partial charge on any atom is 0.265 e. The van der Waals surface area contributed by atoms with E-state index in [4.69, 9.17) is 0 Å². The van der Waals surface area contributed by atoms with Gasteiger partial charge in [0.05, 0.1) is 5.69 Å². The summed E-state index contributed by atoms with van der Waals surface area (Å²) in [5, 5.41) is 8.69. The third-order valence-electron chi connectivity index (χ3n) is 3.56. The molecule has 1 aromatic heterocycles. The molecule has 2 aliphatic rings. The second-order valence-corrected chi connectivity index (χ2v) is 5.65. The van der Waals surface area contributed by atoms with E-state index in [0.29, 0.717) is 0 Å². The molecule has 0 bridgehead atoms. The molecule has 0 atom stereocenters. The number of fused-ring (bicyclic) bond motifs is 1. The Morgan fingerprint density at radius 2 is 1.88 bits per heavy atom. The number of amides is 1. The molecule has 16 heavy (non-hydrogen) atoms. The van der Waals surface area contributed by atoms with Crippen molar-refractivity contribution >= 4 is 22.9 Å². The highest BCUT2D eigenvalue weighted by molar-refractivity contribution is 7.12. The molecule has 1 saturated carbocycles. The molecule has 0 radical (unpaired) electrons. The molecule has 0 unspecified atom stereocenters. The third kappa shape index (κ3) is 1.61. The van der Waals surface area contributed by atoms with Gasteiger partial charge in [0.1, 0.15) is 10.5 Å². The standard InChI is InChI=1S/C12H16N2OS/c15-11-10-9(5-8-16-10)13-12(14-11)6-3-1-2-4-7-12/h5,8,13H,1-4,6-7H2,(H,14,15). The summed E-state index contributed by atoms with van der Waals surface area (Å²) < 4.78 is 0. The summed E-state index contributed by atoms with van der Waals surface area (Å²) in [6.45, 7) is 0. The fourth-order valence-electron chi connectivity index (χ4n) is 2.73. The van der Waals surface area contributed by atoms with Gasteiger partial charge in [-0.2, -0.15) is 0 Å². The van der Waals surface area contributed by atoms with E-state index in [9.17, 15) is 4.79 Å². The van der Waals surface area contributed by atoms with Crippen molar-refractivity contribution in [3.05, 3.63) is 16.3 Å². The van der Waals surface area contributed by atoms with Crippen LogP contribution in [-0.4, -0.2) is 11.6 Å². The minimum atomic E-state index is -0.165. The monoisotopic (exact) mass is 236 g/mol. The van der Waals surface area contributed by atoms with E-state index >= 15 is 0 Å². The predicted octanol–water partition coefficient (Wildman–Crippen LogP) is 2.95. The van der Waals surface area contributed by atoms with E-state index in [-0.39, 0.29) is 11.6 Å². The van der Waals surface area contributed by atoms with Crippen molar-refractivity contribution in [2.45, 2.75) is 44.2 Å². The van der Waals surface area contributed by atoms with Crippen LogP contribution < -0.4 is 10.6 Å². The molecule has 1 fully saturated rings. The van der Waals surface area contributed by atoms with Crippen molar-refractivity contribution in [2.75, 3.05) is 5.32 Å². The lowest BCUT2D eigenvalue weighted by molar-refractivity contribution is 0.0896. The van der Waals surface area contributed by atoms with Crippen LogP contribution >= 0.6 is 11.3 Å². The normalized spacial score (nSPS) is 23.1. The average molecular weight is 236 g/mol. The zero-order chi connectivity index (χ0) is 11.0. The smallest absolute Gasteiger partial charge is 0.265 e. The van der Waals surface area contributed by atoms with Crippen LogP contribution in [0.4, 0.5) is 5.69 Å². The minimum absolute atomic E-state index is 0.102. The second kappa shape index (κ2) is 3.77. The van der Waals surface area contributed by atoms with Gasteiger partial charge in [0.15, 0.2) is 0 Å². The lowest BCUT2D eigenvalue weighted by atomic mass is 9.97. The van der Waals surface area contributed by atoms with Crippen LogP contribution in [-0.2, 0) is 0 Å². The van der Waals surface area contributed by atoms with Gasteiger partial charge >= 0.3 is 0 Å². The van der Waals surface area contributed by atoms with Crippen LogP contribution in [0.25, 0.3) is 0 Å². The van der Waals surface area contributed by atoms with Gasteiger partial charge in [-0.25, -0.2) is 0 Å². The van der Waals surface area contributed by atoms with Gasteiger partial charge in [-0.3, -0.25) is 4.79 Å². The van der Waals surface area contributed by atoms with Gasteiger partial charge in [0.2, 0.25) is 0 Å². The van der Waals surface area contributed by atoms with Gasteiger partial charge in [-0.15, -0.1) is 11.3 Å². The van der Waals surface area contributed by atoms with Gasteiger partial charge in [-0.1, -0.05) is 12.8 Å². The maximum absolute atomic E-state index is 12.0.